The van der Waals surface area contributed by atoms with Crippen molar-refractivity contribution >= 4 is 5.91 Å². The van der Waals surface area contributed by atoms with Crippen LogP contribution in [-0.2, 0) is 11.3 Å². The number of carbonyl (C=O) groups is 1. The molecule has 0 unspecified atom stereocenters. The Balaban J connectivity index is 1.42. The van der Waals surface area contributed by atoms with Gasteiger partial charge in [-0.2, -0.15) is 5.10 Å². The van der Waals surface area contributed by atoms with Crippen molar-refractivity contribution in [1.82, 2.24) is 30.3 Å². The maximum atomic E-state index is 12.8. The number of hydrogen-bond acceptors (Lipinski definition) is 5. The van der Waals surface area contributed by atoms with Crippen LogP contribution in [0.2, 0.25) is 0 Å². The molecule has 3 heterocycles. The van der Waals surface area contributed by atoms with Crippen LogP contribution in [0.3, 0.4) is 0 Å². The number of para-hydroxylation sites is 1. The predicted molar refractivity (Wildman–Crippen MR) is 98.8 cm³/mol. The number of nitrogens with zero attached hydrogens (tertiary/aromatic N) is 4. The number of carbonyl (C=O) groups excluding carboxylic acids is 1. The highest BCUT2D eigenvalue weighted by molar-refractivity contribution is 5.82. The van der Waals surface area contributed by atoms with E-state index >= 15 is 0 Å². The summed E-state index contributed by atoms with van der Waals surface area (Å²) in [7, 11) is 2.07. The molecule has 1 aromatic heterocycles. The molecule has 0 bridgehead atoms. The number of likely N-dealkylation sites (N-methyl/N-ethyl adjacent to an activating group) is 1. The van der Waals surface area contributed by atoms with Gasteiger partial charge in [0.2, 0.25) is 5.91 Å². The zero-order valence-corrected chi connectivity index (χ0v) is 15.2. The van der Waals surface area contributed by atoms with E-state index in [1.165, 1.54) is 6.33 Å². The molecule has 2 aliphatic heterocycles. The lowest BCUT2D eigenvalue weighted by atomic mass is 9.77. The summed E-state index contributed by atoms with van der Waals surface area (Å²) in [5, 5.41) is 10.8. The molecule has 1 atom stereocenters. The first-order valence-corrected chi connectivity index (χ1v) is 9.28. The summed E-state index contributed by atoms with van der Waals surface area (Å²) in [5.74, 6) is 0.122. The van der Waals surface area contributed by atoms with Gasteiger partial charge in [-0.15, -0.1) is 0 Å². The Morgan fingerprint density at radius 2 is 2.15 bits per heavy atom. The quantitative estimate of drug-likeness (QED) is 0.855. The highest BCUT2D eigenvalue weighted by atomic mass is 16.2. The van der Waals surface area contributed by atoms with Gasteiger partial charge < -0.3 is 10.6 Å². The molecule has 0 saturated carbocycles. The fraction of sp³-hybridized carbons (Fsp3) is 0.526. The molecule has 4 rings (SSSR count). The fourth-order valence-corrected chi connectivity index (χ4v) is 4.40. The van der Waals surface area contributed by atoms with E-state index in [2.05, 4.69) is 32.7 Å². The number of rotatable bonds is 4. The van der Waals surface area contributed by atoms with Crippen LogP contribution in [0.4, 0.5) is 0 Å². The van der Waals surface area contributed by atoms with E-state index in [1.807, 2.05) is 24.3 Å². The van der Waals surface area contributed by atoms with Crippen LogP contribution in [0, 0.1) is 5.41 Å². The Morgan fingerprint density at radius 3 is 2.92 bits per heavy atom. The van der Waals surface area contributed by atoms with Gasteiger partial charge in [0, 0.05) is 13.1 Å². The molecule has 7 heteroatoms. The van der Waals surface area contributed by atoms with Gasteiger partial charge in [-0.05, 0) is 56.4 Å². The van der Waals surface area contributed by atoms with E-state index in [9.17, 15) is 4.79 Å². The van der Waals surface area contributed by atoms with E-state index in [0.29, 0.717) is 12.0 Å². The Labute approximate surface area is 153 Å². The minimum atomic E-state index is -0.0355. The van der Waals surface area contributed by atoms with Gasteiger partial charge >= 0.3 is 0 Å². The SMILES string of the molecule is CN1CC2(CCNCC2)C[C@H]1C(=O)NCc1ccccc1-n1cncn1. The largest absolute Gasteiger partial charge is 0.351 e. The van der Waals surface area contributed by atoms with Crippen LogP contribution < -0.4 is 10.6 Å². The second-order valence-corrected chi connectivity index (χ2v) is 7.57. The van der Waals surface area contributed by atoms with Gasteiger partial charge in [-0.1, -0.05) is 18.2 Å². The summed E-state index contributed by atoms with van der Waals surface area (Å²) in [4.78, 5) is 19.1. The van der Waals surface area contributed by atoms with Crippen molar-refractivity contribution in [3.8, 4) is 5.69 Å². The van der Waals surface area contributed by atoms with Gasteiger partial charge in [0.05, 0.1) is 11.7 Å². The van der Waals surface area contributed by atoms with Crippen molar-refractivity contribution in [2.24, 2.45) is 5.41 Å². The Bertz CT molecular complexity index is 753. The molecule has 2 N–H and O–H groups in total. The third-order valence-electron chi connectivity index (χ3n) is 5.82. The Morgan fingerprint density at radius 1 is 1.35 bits per heavy atom. The summed E-state index contributed by atoms with van der Waals surface area (Å²) < 4.78 is 1.73. The average molecular weight is 354 g/mol. The number of nitrogens with one attached hydrogen (secondary N) is 2. The summed E-state index contributed by atoms with van der Waals surface area (Å²) in [6, 6.07) is 7.92. The summed E-state index contributed by atoms with van der Waals surface area (Å²) >= 11 is 0. The van der Waals surface area contributed by atoms with Crippen LogP contribution in [0.25, 0.3) is 5.69 Å². The van der Waals surface area contributed by atoms with E-state index in [-0.39, 0.29) is 11.9 Å². The number of piperidine rings is 1. The lowest BCUT2D eigenvalue weighted by Gasteiger charge is -2.33. The third kappa shape index (κ3) is 3.37. The number of amides is 1. The molecule has 1 aromatic carbocycles. The van der Waals surface area contributed by atoms with E-state index in [1.54, 1.807) is 11.0 Å². The van der Waals surface area contributed by atoms with Crippen LogP contribution in [0.15, 0.2) is 36.9 Å². The number of benzene rings is 1. The molecule has 7 nitrogen and oxygen atoms in total. The van der Waals surface area contributed by atoms with Crippen molar-refractivity contribution in [3.05, 3.63) is 42.5 Å². The molecule has 2 aliphatic rings. The molecule has 138 valence electrons. The summed E-state index contributed by atoms with van der Waals surface area (Å²) in [5.41, 5.74) is 2.28. The van der Waals surface area contributed by atoms with E-state index in [4.69, 9.17) is 0 Å². The molecule has 26 heavy (non-hydrogen) atoms. The van der Waals surface area contributed by atoms with Crippen molar-refractivity contribution in [3.63, 3.8) is 0 Å². The monoisotopic (exact) mass is 354 g/mol. The van der Waals surface area contributed by atoms with Crippen molar-refractivity contribution in [2.75, 3.05) is 26.7 Å². The van der Waals surface area contributed by atoms with Crippen LogP contribution in [0.1, 0.15) is 24.8 Å². The number of aromatic nitrogens is 3. The normalized spacial score (nSPS) is 22.6. The van der Waals surface area contributed by atoms with Crippen molar-refractivity contribution < 1.29 is 4.79 Å². The number of likely N-dealkylation sites (tertiary alicyclic amines) is 1. The molecule has 0 radical (unpaired) electrons. The maximum Gasteiger partial charge on any atom is 0.237 e. The zero-order valence-electron chi connectivity index (χ0n) is 15.2. The predicted octanol–water partition coefficient (Wildman–Crippen LogP) is 0.957. The Kier molecular flexibility index (Phi) is 4.74. The minimum Gasteiger partial charge on any atom is -0.351 e. The first kappa shape index (κ1) is 17.2. The fourth-order valence-electron chi connectivity index (χ4n) is 4.40. The lowest BCUT2D eigenvalue weighted by Crippen LogP contribution is -2.41. The second-order valence-electron chi connectivity index (χ2n) is 7.57. The van der Waals surface area contributed by atoms with Gasteiger partial charge in [0.15, 0.2) is 0 Å². The number of hydrogen-bond donors (Lipinski definition) is 2. The molecule has 1 amide bonds. The third-order valence-corrected chi connectivity index (χ3v) is 5.82. The maximum absolute atomic E-state index is 12.8. The lowest BCUT2D eigenvalue weighted by molar-refractivity contribution is -0.125. The molecule has 2 aromatic rings. The van der Waals surface area contributed by atoms with Crippen molar-refractivity contribution in [1.29, 1.82) is 0 Å². The highest BCUT2D eigenvalue weighted by Crippen LogP contribution is 2.41. The molecule has 1 spiro atoms. The van der Waals surface area contributed by atoms with Crippen LogP contribution >= 0.6 is 0 Å². The van der Waals surface area contributed by atoms with E-state index < -0.39 is 0 Å². The van der Waals surface area contributed by atoms with Crippen LogP contribution in [-0.4, -0.2) is 58.3 Å². The van der Waals surface area contributed by atoms with Crippen LogP contribution in [0.5, 0.6) is 0 Å². The van der Waals surface area contributed by atoms with Crippen molar-refractivity contribution in [2.45, 2.75) is 31.8 Å². The molecule has 0 aliphatic carbocycles. The first-order valence-electron chi connectivity index (χ1n) is 9.28. The van der Waals surface area contributed by atoms with Gasteiger partial charge in [0.25, 0.3) is 0 Å². The molecular weight excluding hydrogens is 328 g/mol. The molecule has 2 saturated heterocycles. The average Bonchev–Trinajstić information content (AvgIpc) is 3.29. The smallest absolute Gasteiger partial charge is 0.237 e. The first-order chi connectivity index (χ1) is 12.7. The Hall–Kier alpha value is -2.25. The standard InChI is InChI=1S/C19H26N6O/c1-24-12-19(6-8-20-9-7-19)10-17(24)18(26)22-11-15-4-2-3-5-16(15)25-14-21-13-23-25/h2-5,13-14,17,20H,6-12H2,1H3,(H,22,26)/t17-/m0/s1. The topological polar surface area (TPSA) is 75.1 Å². The minimum absolute atomic E-state index is 0.0355. The highest BCUT2D eigenvalue weighted by Gasteiger charge is 2.45. The zero-order chi connectivity index (χ0) is 18.0. The summed E-state index contributed by atoms with van der Waals surface area (Å²) in [6.45, 7) is 3.64. The van der Waals surface area contributed by atoms with E-state index in [0.717, 1.165) is 50.1 Å². The molecular formula is C19H26N6O. The second kappa shape index (κ2) is 7.17. The summed E-state index contributed by atoms with van der Waals surface area (Å²) in [6.07, 6.45) is 6.47. The molecule has 2 fully saturated rings. The van der Waals surface area contributed by atoms with Gasteiger partial charge in [0.1, 0.15) is 12.7 Å². The van der Waals surface area contributed by atoms with Gasteiger partial charge in [-0.25, -0.2) is 9.67 Å². The van der Waals surface area contributed by atoms with Gasteiger partial charge in [-0.3, -0.25) is 9.69 Å².